The molecule has 1 heterocycles. The number of carboxylic acids is 1. The van der Waals surface area contributed by atoms with Gasteiger partial charge >= 0.3 is 5.97 Å². The number of carboxylic acid groups (broad SMARTS) is 1. The number of hydrogen-bond acceptors (Lipinski definition) is 3. The van der Waals surface area contributed by atoms with Crippen molar-refractivity contribution in [2.75, 3.05) is 0 Å². The Bertz CT molecular complexity index is 1020. The van der Waals surface area contributed by atoms with Crippen LogP contribution in [0, 0.1) is 6.92 Å². The molecule has 0 saturated heterocycles. The zero-order chi connectivity index (χ0) is 21.0. The Labute approximate surface area is 171 Å². The van der Waals surface area contributed by atoms with Crippen LogP contribution in [0.25, 0.3) is 10.9 Å². The number of ether oxygens (including phenoxy) is 1. The highest BCUT2D eigenvalue weighted by Gasteiger charge is 2.13. The zero-order valence-electron chi connectivity index (χ0n) is 17.4. The van der Waals surface area contributed by atoms with Crippen molar-refractivity contribution in [2.45, 2.75) is 52.7 Å². The van der Waals surface area contributed by atoms with Crippen molar-refractivity contribution in [2.24, 2.45) is 0 Å². The van der Waals surface area contributed by atoms with Crippen LogP contribution in [0.15, 0.2) is 54.6 Å². The molecule has 1 aromatic heterocycles. The summed E-state index contributed by atoms with van der Waals surface area (Å²) in [5, 5.41) is 14.9. The summed E-state index contributed by atoms with van der Waals surface area (Å²) in [6.07, 6.45) is 3.88. The molecule has 152 valence electrons. The maximum absolute atomic E-state index is 11.1. The maximum atomic E-state index is 11.1. The fraction of sp³-hybridized carbons (Fsp3) is 0.333. The number of carbonyl (C=O) groups is 1. The number of aromatic nitrogens is 2. The smallest absolute Gasteiger partial charge is 0.304 e. The van der Waals surface area contributed by atoms with Gasteiger partial charge in [0.05, 0.1) is 17.6 Å². The molecular formula is C24H28N2O3. The minimum Gasteiger partial charge on any atom is -0.489 e. The molecular weight excluding hydrogens is 364 g/mol. The molecule has 0 spiro atoms. The van der Waals surface area contributed by atoms with E-state index in [-0.39, 0.29) is 12.3 Å². The quantitative estimate of drug-likeness (QED) is 0.504. The number of fused-ring (bicyclic) bond motifs is 1. The van der Waals surface area contributed by atoms with Crippen LogP contribution in [0.2, 0.25) is 0 Å². The predicted octanol–water partition coefficient (Wildman–Crippen LogP) is 5.64. The van der Waals surface area contributed by atoms with Crippen LogP contribution >= 0.6 is 0 Å². The first-order chi connectivity index (χ1) is 13.9. The maximum Gasteiger partial charge on any atom is 0.304 e. The Morgan fingerprint density at radius 2 is 1.93 bits per heavy atom. The van der Waals surface area contributed by atoms with Gasteiger partial charge < -0.3 is 9.84 Å². The van der Waals surface area contributed by atoms with Gasteiger partial charge in [-0.3, -0.25) is 9.48 Å². The number of allylic oxidation sites excluding steroid dienone is 2. The van der Waals surface area contributed by atoms with Crippen molar-refractivity contribution in [1.29, 1.82) is 0 Å². The van der Waals surface area contributed by atoms with E-state index in [1.165, 1.54) is 0 Å². The van der Waals surface area contributed by atoms with Gasteiger partial charge in [-0.15, -0.1) is 0 Å². The van der Waals surface area contributed by atoms with Crippen LogP contribution in [0.3, 0.4) is 0 Å². The number of aliphatic carboxylic acids is 1. The predicted molar refractivity (Wildman–Crippen MR) is 115 cm³/mol. The largest absolute Gasteiger partial charge is 0.489 e. The van der Waals surface area contributed by atoms with Crippen LogP contribution in [0.4, 0.5) is 0 Å². The summed E-state index contributed by atoms with van der Waals surface area (Å²) in [5.74, 6) is -0.174. The molecule has 0 fully saturated rings. The summed E-state index contributed by atoms with van der Waals surface area (Å²) < 4.78 is 8.00. The Balaban J connectivity index is 1.71. The van der Waals surface area contributed by atoms with Gasteiger partial charge in [-0.05, 0) is 63.1 Å². The van der Waals surface area contributed by atoms with Crippen molar-refractivity contribution in [1.82, 2.24) is 9.78 Å². The summed E-state index contributed by atoms with van der Waals surface area (Å²) >= 11 is 0. The number of hydrogen-bond donors (Lipinski definition) is 1. The van der Waals surface area contributed by atoms with Crippen LogP contribution in [0.5, 0.6) is 5.75 Å². The molecule has 29 heavy (non-hydrogen) atoms. The van der Waals surface area contributed by atoms with E-state index in [0.29, 0.717) is 12.6 Å². The molecule has 0 radical (unpaired) electrons. The summed E-state index contributed by atoms with van der Waals surface area (Å²) in [5.41, 5.74) is 4.22. The summed E-state index contributed by atoms with van der Waals surface area (Å²) in [7, 11) is 0. The standard InChI is InChI=1S/C24H28N2O3/c1-5-6-20(14-24(27)28)19-8-10-21(11-9-19)29-15-18-7-12-23-22(13-18)17(4)25-26(23)16(2)3/h5-13,16,20H,14-15H2,1-4H3,(H,27,28)/t20-/m1/s1. The molecule has 0 aliphatic rings. The van der Waals surface area contributed by atoms with Gasteiger partial charge in [-0.2, -0.15) is 5.10 Å². The van der Waals surface area contributed by atoms with Gasteiger partial charge in [0.2, 0.25) is 0 Å². The minimum atomic E-state index is -0.806. The fourth-order valence-electron chi connectivity index (χ4n) is 3.52. The lowest BCUT2D eigenvalue weighted by Gasteiger charge is -2.12. The molecule has 0 aliphatic heterocycles. The van der Waals surface area contributed by atoms with E-state index in [9.17, 15) is 4.79 Å². The second-order valence-electron chi connectivity index (χ2n) is 7.56. The molecule has 0 amide bonds. The highest BCUT2D eigenvalue weighted by Crippen LogP contribution is 2.26. The Hall–Kier alpha value is -3.08. The van der Waals surface area contributed by atoms with E-state index < -0.39 is 5.97 Å². The summed E-state index contributed by atoms with van der Waals surface area (Å²) in [4.78, 5) is 11.1. The van der Waals surface area contributed by atoms with Crippen molar-refractivity contribution >= 4 is 16.9 Å². The first kappa shape index (κ1) is 20.6. The van der Waals surface area contributed by atoms with Gasteiger partial charge in [-0.1, -0.05) is 30.4 Å². The van der Waals surface area contributed by atoms with Crippen LogP contribution < -0.4 is 4.74 Å². The molecule has 5 heteroatoms. The average Bonchev–Trinajstić information content (AvgIpc) is 3.03. The highest BCUT2D eigenvalue weighted by atomic mass is 16.5. The minimum absolute atomic E-state index is 0.0773. The van der Waals surface area contributed by atoms with Crippen molar-refractivity contribution in [3.63, 3.8) is 0 Å². The molecule has 3 aromatic rings. The lowest BCUT2D eigenvalue weighted by atomic mass is 9.95. The molecule has 0 saturated carbocycles. The summed E-state index contributed by atoms with van der Waals surface area (Å²) in [6.45, 7) is 8.65. The van der Waals surface area contributed by atoms with E-state index in [0.717, 1.165) is 33.5 Å². The molecule has 0 aliphatic carbocycles. The van der Waals surface area contributed by atoms with Gasteiger partial charge in [0.1, 0.15) is 12.4 Å². The number of aryl methyl sites for hydroxylation is 1. The Morgan fingerprint density at radius 3 is 2.55 bits per heavy atom. The molecule has 1 atom stereocenters. The molecule has 0 bridgehead atoms. The Morgan fingerprint density at radius 1 is 1.21 bits per heavy atom. The van der Waals surface area contributed by atoms with Gasteiger partial charge in [0.15, 0.2) is 0 Å². The SMILES string of the molecule is CC=C[C@H](CC(=O)O)c1ccc(OCc2ccc3c(c2)c(C)nn3C(C)C)cc1. The van der Waals surface area contributed by atoms with E-state index in [2.05, 4.69) is 37.1 Å². The molecule has 1 N–H and O–H groups in total. The number of rotatable bonds is 8. The highest BCUT2D eigenvalue weighted by molar-refractivity contribution is 5.82. The molecule has 0 unspecified atom stereocenters. The molecule has 5 nitrogen and oxygen atoms in total. The van der Waals surface area contributed by atoms with E-state index in [4.69, 9.17) is 9.84 Å². The fourth-order valence-corrected chi connectivity index (χ4v) is 3.52. The van der Waals surface area contributed by atoms with Crippen LogP contribution in [0.1, 0.15) is 56.0 Å². The average molecular weight is 392 g/mol. The van der Waals surface area contributed by atoms with Crippen molar-refractivity contribution in [3.05, 3.63) is 71.4 Å². The second kappa shape index (κ2) is 8.95. The van der Waals surface area contributed by atoms with Crippen molar-refractivity contribution in [3.8, 4) is 5.75 Å². The third kappa shape index (κ3) is 4.86. The van der Waals surface area contributed by atoms with E-state index in [1.807, 2.05) is 54.9 Å². The van der Waals surface area contributed by atoms with Gasteiger partial charge in [-0.25, -0.2) is 0 Å². The molecule has 2 aromatic carbocycles. The first-order valence-electron chi connectivity index (χ1n) is 9.94. The van der Waals surface area contributed by atoms with Crippen molar-refractivity contribution < 1.29 is 14.6 Å². The first-order valence-corrected chi connectivity index (χ1v) is 9.94. The monoisotopic (exact) mass is 392 g/mol. The second-order valence-corrected chi connectivity index (χ2v) is 7.56. The summed E-state index contributed by atoms with van der Waals surface area (Å²) in [6, 6.07) is 14.3. The van der Waals surface area contributed by atoms with Crippen LogP contribution in [-0.4, -0.2) is 20.9 Å². The number of benzene rings is 2. The Kier molecular flexibility index (Phi) is 6.37. The van der Waals surface area contributed by atoms with Gasteiger partial charge in [0, 0.05) is 17.3 Å². The van der Waals surface area contributed by atoms with Crippen LogP contribution in [-0.2, 0) is 11.4 Å². The lowest BCUT2D eigenvalue weighted by molar-refractivity contribution is -0.137. The molecule has 3 rings (SSSR count). The normalized spacial score (nSPS) is 12.7. The van der Waals surface area contributed by atoms with E-state index >= 15 is 0 Å². The lowest BCUT2D eigenvalue weighted by Crippen LogP contribution is -2.04. The zero-order valence-corrected chi connectivity index (χ0v) is 17.4. The number of nitrogens with zero attached hydrogens (tertiary/aromatic N) is 2. The van der Waals surface area contributed by atoms with Gasteiger partial charge in [0.25, 0.3) is 0 Å². The third-order valence-electron chi connectivity index (χ3n) is 4.98. The third-order valence-corrected chi connectivity index (χ3v) is 4.98. The topological polar surface area (TPSA) is 64.3 Å². The van der Waals surface area contributed by atoms with E-state index in [1.54, 1.807) is 0 Å².